The lowest BCUT2D eigenvalue weighted by molar-refractivity contribution is 0.121. The first-order valence-electron chi connectivity index (χ1n) is 7.97. The van der Waals surface area contributed by atoms with Gasteiger partial charge in [0.25, 0.3) is 0 Å². The fourth-order valence-electron chi connectivity index (χ4n) is 3.09. The van der Waals surface area contributed by atoms with Gasteiger partial charge in [-0.15, -0.1) is 0 Å². The topological polar surface area (TPSA) is 41.5 Å². The standard InChI is InChI=1S/C17H25Cl2NO2/c1-2-3-16(14-5-4-13(18)10-15(14)19)20-11-17(6-8-21)7-9-22-12-17/h4-5,10,16,20-21H,2-3,6-9,11-12H2,1H3. The summed E-state index contributed by atoms with van der Waals surface area (Å²) in [5.74, 6) is 0. The number of halogens is 2. The second-order valence-corrected chi connectivity index (χ2v) is 7.01. The van der Waals surface area contributed by atoms with Gasteiger partial charge in [-0.25, -0.2) is 0 Å². The second-order valence-electron chi connectivity index (χ2n) is 6.16. The van der Waals surface area contributed by atoms with Crippen molar-refractivity contribution in [1.82, 2.24) is 5.32 Å². The summed E-state index contributed by atoms with van der Waals surface area (Å²) in [6, 6.07) is 5.88. The summed E-state index contributed by atoms with van der Waals surface area (Å²) < 4.78 is 5.56. The van der Waals surface area contributed by atoms with Crippen LogP contribution in [0.5, 0.6) is 0 Å². The van der Waals surface area contributed by atoms with Crippen LogP contribution < -0.4 is 5.32 Å². The molecule has 2 atom stereocenters. The van der Waals surface area contributed by atoms with Crippen LogP contribution in [0.25, 0.3) is 0 Å². The van der Waals surface area contributed by atoms with Crippen LogP contribution in [-0.2, 0) is 4.74 Å². The quantitative estimate of drug-likeness (QED) is 0.741. The van der Waals surface area contributed by atoms with E-state index in [4.69, 9.17) is 27.9 Å². The van der Waals surface area contributed by atoms with E-state index in [1.807, 2.05) is 12.1 Å². The minimum atomic E-state index is 0.0413. The molecule has 2 rings (SSSR count). The summed E-state index contributed by atoms with van der Waals surface area (Å²) in [6.45, 7) is 4.69. The molecule has 0 aromatic heterocycles. The molecule has 1 aliphatic rings. The summed E-state index contributed by atoms with van der Waals surface area (Å²) in [4.78, 5) is 0. The molecule has 5 heteroatoms. The Balaban J connectivity index is 2.08. The number of rotatable bonds is 8. The minimum absolute atomic E-state index is 0.0413. The average molecular weight is 346 g/mol. The number of hydrogen-bond donors (Lipinski definition) is 2. The highest BCUT2D eigenvalue weighted by atomic mass is 35.5. The maximum absolute atomic E-state index is 9.33. The van der Waals surface area contributed by atoms with Gasteiger partial charge in [0.15, 0.2) is 0 Å². The lowest BCUT2D eigenvalue weighted by Crippen LogP contribution is -2.37. The molecule has 2 N–H and O–H groups in total. The fourth-order valence-corrected chi connectivity index (χ4v) is 3.63. The van der Waals surface area contributed by atoms with Gasteiger partial charge < -0.3 is 15.2 Å². The predicted octanol–water partition coefficient (Wildman–Crippen LogP) is 4.21. The van der Waals surface area contributed by atoms with Crippen molar-refractivity contribution in [2.45, 2.75) is 38.6 Å². The zero-order valence-electron chi connectivity index (χ0n) is 13.1. The van der Waals surface area contributed by atoms with E-state index in [0.29, 0.717) is 16.7 Å². The third-order valence-corrected chi connectivity index (χ3v) is 5.03. The average Bonchev–Trinajstić information content (AvgIpc) is 2.93. The molecular weight excluding hydrogens is 321 g/mol. The van der Waals surface area contributed by atoms with Gasteiger partial charge in [-0.2, -0.15) is 0 Å². The van der Waals surface area contributed by atoms with E-state index in [9.17, 15) is 5.11 Å². The molecule has 2 unspecified atom stereocenters. The number of hydrogen-bond acceptors (Lipinski definition) is 3. The van der Waals surface area contributed by atoms with Gasteiger partial charge in [-0.05, 0) is 37.0 Å². The van der Waals surface area contributed by atoms with Crippen molar-refractivity contribution in [3.63, 3.8) is 0 Å². The van der Waals surface area contributed by atoms with E-state index >= 15 is 0 Å². The third kappa shape index (κ3) is 4.59. The van der Waals surface area contributed by atoms with E-state index in [1.54, 1.807) is 6.07 Å². The molecule has 1 aliphatic heterocycles. The number of aliphatic hydroxyl groups excluding tert-OH is 1. The van der Waals surface area contributed by atoms with Gasteiger partial charge in [0, 0.05) is 41.3 Å². The van der Waals surface area contributed by atoms with Gasteiger partial charge in [-0.1, -0.05) is 42.6 Å². The molecule has 1 saturated heterocycles. The Bertz CT molecular complexity index is 476. The molecule has 0 saturated carbocycles. The van der Waals surface area contributed by atoms with Crippen LogP contribution in [0.3, 0.4) is 0 Å². The maximum atomic E-state index is 9.33. The molecule has 1 heterocycles. The van der Waals surface area contributed by atoms with Crippen molar-refractivity contribution in [3.05, 3.63) is 33.8 Å². The van der Waals surface area contributed by atoms with Crippen molar-refractivity contribution in [2.75, 3.05) is 26.4 Å². The van der Waals surface area contributed by atoms with Crippen molar-refractivity contribution in [3.8, 4) is 0 Å². The Morgan fingerprint density at radius 1 is 1.41 bits per heavy atom. The Morgan fingerprint density at radius 3 is 2.82 bits per heavy atom. The highest BCUT2D eigenvalue weighted by Gasteiger charge is 2.34. The molecule has 0 spiro atoms. The predicted molar refractivity (Wildman–Crippen MR) is 91.7 cm³/mol. The zero-order chi connectivity index (χ0) is 16.0. The van der Waals surface area contributed by atoms with E-state index in [2.05, 4.69) is 12.2 Å². The lowest BCUT2D eigenvalue weighted by Gasteiger charge is -2.30. The largest absolute Gasteiger partial charge is 0.396 e. The highest BCUT2D eigenvalue weighted by Crippen LogP contribution is 2.34. The van der Waals surface area contributed by atoms with Crippen LogP contribution in [0.4, 0.5) is 0 Å². The van der Waals surface area contributed by atoms with Gasteiger partial charge in [0.05, 0.1) is 6.61 Å². The summed E-state index contributed by atoms with van der Waals surface area (Å²) in [5, 5.41) is 14.3. The summed E-state index contributed by atoms with van der Waals surface area (Å²) in [6.07, 6.45) is 3.85. The molecule has 1 fully saturated rings. The Kier molecular flexibility index (Phi) is 6.97. The minimum Gasteiger partial charge on any atom is -0.396 e. The molecule has 22 heavy (non-hydrogen) atoms. The monoisotopic (exact) mass is 345 g/mol. The van der Waals surface area contributed by atoms with Crippen molar-refractivity contribution in [1.29, 1.82) is 0 Å². The Hall–Kier alpha value is -0.320. The fraction of sp³-hybridized carbons (Fsp3) is 0.647. The molecule has 0 bridgehead atoms. The molecular formula is C17H25Cl2NO2. The summed E-state index contributed by atoms with van der Waals surface area (Å²) in [7, 11) is 0. The maximum Gasteiger partial charge on any atom is 0.0536 e. The van der Waals surface area contributed by atoms with Crippen LogP contribution in [0.1, 0.15) is 44.2 Å². The molecule has 0 aliphatic carbocycles. The summed E-state index contributed by atoms with van der Waals surface area (Å²) >= 11 is 12.4. The first-order chi connectivity index (χ1) is 10.6. The van der Waals surface area contributed by atoms with Gasteiger partial charge in [0.2, 0.25) is 0 Å². The smallest absolute Gasteiger partial charge is 0.0536 e. The first-order valence-corrected chi connectivity index (χ1v) is 8.73. The van der Waals surface area contributed by atoms with Crippen molar-refractivity contribution in [2.24, 2.45) is 5.41 Å². The zero-order valence-corrected chi connectivity index (χ0v) is 14.6. The van der Waals surface area contributed by atoms with Gasteiger partial charge >= 0.3 is 0 Å². The number of benzene rings is 1. The highest BCUT2D eigenvalue weighted by molar-refractivity contribution is 6.35. The molecule has 1 aromatic carbocycles. The number of aliphatic hydroxyl groups is 1. The summed E-state index contributed by atoms with van der Waals surface area (Å²) in [5.41, 5.74) is 1.13. The molecule has 0 amide bonds. The SMILES string of the molecule is CCCC(NCC1(CCO)CCOC1)c1ccc(Cl)cc1Cl. The number of ether oxygens (including phenoxy) is 1. The van der Waals surface area contributed by atoms with E-state index in [-0.39, 0.29) is 18.1 Å². The molecule has 1 aromatic rings. The van der Waals surface area contributed by atoms with Crippen molar-refractivity contribution >= 4 is 23.2 Å². The third-order valence-electron chi connectivity index (χ3n) is 4.47. The van der Waals surface area contributed by atoms with E-state index in [0.717, 1.165) is 44.4 Å². The first kappa shape index (κ1) is 18.0. The number of nitrogens with one attached hydrogen (secondary N) is 1. The second kappa shape index (κ2) is 8.51. The van der Waals surface area contributed by atoms with E-state index < -0.39 is 0 Å². The molecule has 124 valence electrons. The van der Waals surface area contributed by atoms with E-state index in [1.165, 1.54) is 0 Å². The molecule has 0 radical (unpaired) electrons. The normalized spacial score (nSPS) is 22.9. The Morgan fingerprint density at radius 2 is 2.23 bits per heavy atom. The van der Waals surface area contributed by atoms with Crippen LogP contribution in [0, 0.1) is 5.41 Å². The van der Waals surface area contributed by atoms with Gasteiger partial charge in [-0.3, -0.25) is 0 Å². The lowest BCUT2D eigenvalue weighted by atomic mass is 9.83. The molecule has 3 nitrogen and oxygen atoms in total. The van der Waals surface area contributed by atoms with Crippen molar-refractivity contribution < 1.29 is 9.84 Å². The van der Waals surface area contributed by atoms with Gasteiger partial charge in [0.1, 0.15) is 0 Å². The van der Waals surface area contributed by atoms with Crippen LogP contribution in [0.15, 0.2) is 18.2 Å². The van der Waals surface area contributed by atoms with Crippen LogP contribution in [0.2, 0.25) is 10.0 Å². The van der Waals surface area contributed by atoms with Crippen LogP contribution >= 0.6 is 23.2 Å². The van der Waals surface area contributed by atoms with Crippen LogP contribution in [-0.4, -0.2) is 31.5 Å². The Labute approximate surface area is 143 Å².